The lowest BCUT2D eigenvalue weighted by atomic mass is 10.2. The molecule has 3 aromatic heterocycles. The Hall–Kier alpha value is -3.20. The number of anilines is 3. The van der Waals surface area contributed by atoms with Crippen LogP contribution in [0, 0.1) is 12.7 Å². The average Bonchev–Trinajstić information content (AvgIpc) is 3.04. The summed E-state index contributed by atoms with van der Waals surface area (Å²) in [5, 5.41) is 5.94. The topological polar surface area (TPSA) is 95.2 Å². The molecular weight excluding hydrogens is 351 g/mol. The van der Waals surface area contributed by atoms with E-state index < -0.39 is 11.8 Å². The Balaban J connectivity index is 1.46. The number of carbonyl (C=O) groups is 1. The molecule has 2 amide bonds. The van der Waals surface area contributed by atoms with Crippen molar-refractivity contribution in [2.45, 2.75) is 6.92 Å². The SMILES string of the molecule is Cc1cc(NC(=O)Nc2c[nH]c3ncc(F)cc23)cnc1N1CCOCC1. The third-order valence-electron chi connectivity index (χ3n) is 4.37. The molecule has 1 saturated heterocycles. The van der Waals surface area contributed by atoms with Crippen LogP contribution in [-0.4, -0.2) is 47.3 Å². The normalized spacial score (nSPS) is 14.4. The highest BCUT2D eigenvalue weighted by Gasteiger charge is 2.15. The zero-order chi connectivity index (χ0) is 18.8. The second-order valence-corrected chi connectivity index (χ2v) is 6.30. The Morgan fingerprint density at radius 1 is 1.22 bits per heavy atom. The number of rotatable bonds is 3. The van der Waals surface area contributed by atoms with Crippen molar-refractivity contribution in [3.63, 3.8) is 0 Å². The number of urea groups is 1. The van der Waals surface area contributed by atoms with Gasteiger partial charge in [0.1, 0.15) is 17.3 Å². The average molecular weight is 370 g/mol. The number of H-pyrrole nitrogens is 1. The van der Waals surface area contributed by atoms with E-state index in [0.29, 0.717) is 35.6 Å². The number of carbonyl (C=O) groups excluding carboxylic acids is 1. The van der Waals surface area contributed by atoms with Gasteiger partial charge in [-0.1, -0.05) is 0 Å². The molecule has 1 fully saturated rings. The van der Waals surface area contributed by atoms with Gasteiger partial charge in [0.15, 0.2) is 0 Å². The summed E-state index contributed by atoms with van der Waals surface area (Å²) in [7, 11) is 0. The van der Waals surface area contributed by atoms with Crippen molar-refractivity contribution in [1.82, 2.24) is 15.0 Å². The fraction of sp³-hybridized carbons (Fsp3) is 0.278. The highest BCUT2D eigenvalue weighted by Crippen LogP contribution is 2.24. The summed E-state index contributed by atoms with van der Waals surface area (Å²) in [5.74, 6) is 0.423. The number of halogens is 1. The molecule has 0 aliphatic carbocycles. The molecule has 0 spiro atoms. The molecule has 1 aliphatic heterocycles. The lowest BCUT2D eigenvalue weighted by Crippen LogP contribution is -2.37. The minimum Gasteiger partial charge on any atom is -0.378 e. The third kappa shape index (κ3) is 3.68. The first-order chi connectivity index (χ1) is 13.1. The fourth-order valence-corrected chi connectivity index (χ4v) is 3.11. The van der Waals surface area contributed by atoms with E-state index in [-0.39, 0.29) is 0 Å². The van der Waals surface area contributed by atoms with E-state index in [9.17, 15) is 9.18 Å². The smallest absolute Gasteiger partial charge is 0.323 e. The van der Waals surface area contributed by atoms with Gasteiger partial charge in [-0.3, -0.25) is 0 Å². The number of pyridine rings is 2. The molecule has 0 unspecified atom stereocenters. The molecular formula is C18H19FN6O2. The second-order valence-electron chi connectivity index (χ2n) is 6.30. The van der Waals surface area contributed by atoms with Gasteiger partial charge in [0.2, 0.25) is 0 Å². The quantitative estimate of drug-likeness (QED) is 0.659. The lowest BCUT2D eigenvalue weighted by Gasteiger charge is -2.29. The van der Waals surface area contributed by atoms with Crippen LogP contribution >= 0.6 is 0 Å². The van der Waals surface area contributed by atoms with Crippen LogP contribution in [0.25, 0.3) is 11.0 Å². The zero-order valence-electron chi connectivity index (χ0n) is 14.8. The number of aryl methyl sites for hydroxylation is 1. The molecule has 4 rings (SSSR count). The summed E-state index contributed by atoms with van der Waals surface area (Å²) >= 11 is 0. The van der Waals surface area contributed by atoms with Gasteiger partial charge in [0, 0.05) is 24.7 Å². The number of hydrogen-bond acceptors (Lipinski definition) is 5. The van der Waals surface area contributed by atoms with Gasteiger partial charge in [-0.05, 0) is 24.6 Å². The van der Waals surface area contributed by atoms with Gasteiger partial charge in [0.05, 0.1) is 37.0 Å². The van der Waals surface area contributed by atoms with Gasteiger partial charge in [-0.15, -0.1) is 0 Å². The Morgan fingerprint density at radius 3 is 2.81 bits per heavy atom. The molecule has 0 saturated carbocycles. The van der Waals surface area contributed by atoms with Crippen LogP contribution in [0.4, 0.5) is 26.4 Å². The predicted octanol–water partition coefficient (Wildman–Crippen LogP) is 2.89. The van der Waals surface area contributed by atoms with E-state index in [4.69, 9.17) is 4.74 Å². The van der Waals surface area contributed by atoms with Gasteiger partial charge >= 0.3 is 6.03 Å². The number of aromatic nitrogens is 3. The maximum Gasteiger partial charge on any atom is 0.323 e. The Morgan fingerprint density at radius 2 is 2.04 bits per heavy atom. The number of nitrogens with one attached hydrogen (secondary N) is 3. The minimum atomic E-state index is -0.468. The molecule has 140 valence electrons. The summed E-state index contributed by atoms with van der Waals surface area (Å²) in [4.78, 5) is 25.8. The predicted molar refractivity (Wildman–Crippen MR) is 101 cm³/mol. The molecule has 0 aromatic carbocycles. The van der Waals surface area contributed by atoms with Crippen LogP contribution in [0.1, 0.15) is 5.56 Å². The van der Waals surface area contributed by atoms with Crippen LogP contribution in [0.5, 0.6) is 0 Å². The van der Waals surface area contributed by atoms with Crippen molar-refractivity contribution >= 4 is 34.3 Å². The van der Waals surface area contributed by atoms with Crippen molar-refractivity contribution in [3.05, 3.63) is 42.1 Å². The minimum absolute atomic E-state index is 0.444. The standard InChI is InChI=1S/C18H19FN6O2/c1-11-6-13(9-22-17(11)25-2-4-27-5-3-25)23-18(26)24-15-10-21-16-14(15)7-12(19)8-20-16/h6-10H,2-5H2,1H3,(H,20,21)(H2,23,24,26). The van der Waals surface area contributed by atoms with E-state index in [1.54, 1.807) is 12.4 Å². The molecule has 8 nitrogen and oxygen atoms in total. The van der Waals surface area contributed by atoms with Gasteiger partial charge < -0.3 is 25.3 Å². The molecule has 9 heteroatoms. The molecule has 0 radical (unpaired) electrons. The summed E-state index contributed by atoms with van der Waals surface area (Å²) in [6.07, 6.45) is 4.31. The monoisotopic (exact) mass is 370 g/mol. The number of aromatic amines is 1. The van der Waals surface area contributed by atoms with Crippen LogP contribution in [0.15, 0.2) is 30.7 Å². The van der Waals surface area contributed by atoms with Crippen molar-refractivity contribution < 1.29 is 13.9 Å². The van der Waals surface area contributed by atoms with Gasteiger partial charge in [-0.2, -0.15) is 0 Å². The Bertz CT molecular complexity index is 983. The fourth-order valence-electron chi connectivity index (χ4n) is 3.11. The number of ether oxygens (including phenoxy) is 1. The molecule has 1 aliphatic rings. The Labute approximate surface area is 154 Å². The largest absolute Gasteiger partial charge is 0.378 e. The van der Waals surface area contributed by atoms with Gasteiger partial charge in [-0.25, -0.2) is 19.2 Å². The van der Waals surface area contributed by atoms with Crippen LogP contribution in [0.2, 0.25) is 0 Å². The highest BCUT2D eigenvalue weighted by atomic mass is 19.1. The first-order valence-corrected chi connectivity index (χ1v) is 8.60. The van der Waals surface area contributed by atoms with E-state index in [2.05, 4.69) is 30.5 Å². The Kier molecular flexibility index (Phi) is 4.59. The first kappa shape index (κ1) is 17.2. The summed E-state index contributed by atoms with van der Waals surface area (Å²) < 4.78 is 18.7. The number of fused-ring (bicyclic) bond motifs is 1. The van der Waals surface area contributed by atoms with Crippen molar-refractivity contribution in [1.29, 1.82) is 0 Å². The first-order valence-electron chi connectivity index (χ1n) is 8.60. The molecule has 0 bridgehead atoms. The molecule has 4 heterocycles. The van der Waals surface area contributed by atoms with Crippen LogP contribution < -0.4 is 15.5 Å². The highest BCUT2D eigenvalue weighted by molar-refractivity contribution is 6.05. The van der Waals surface area contributed by atoms with Crippen molar-refractivity contribution in [2.75, 3.05) is 41.8 Å². The number of hydrogen-bond donors (Lipinski definition) is 3. The van der Waals surface area contributed by atoms with Crippen molar-refractivity contribution in [2.24, 2.45) is 0 Å². The molecule has 0 atom stereocenters. The zero-order valence-corrected chi connectivity index (χ0v) is 14.8. The summed E-state index contributed by atoms with van der Waals surface area (Å²) in [6, 6.07) is 2.74. The second kappa shape index (κ2) is 7.20. The maximum absolute atomic E-state index is 13.4. The summed E-state index contributed by atoms with van der Waals surface area (Å²) in [6.45, 7) is 4.92. The van der Waals surface area contributed by atoms with E-state index >= 15 is 0 Å². The van der Waals surface area contributed by atoms with E-state index in [0.717, 1.165) is 30.7 Å². The third-order valence-corrected chi connectivity index (χ3v) is 4.37. The van der Waals surface area contributed by atoms with Crippen LogP contribution in [0.3, 0.4) is 0 Å². The number of nitrogens with zero attached hydrogens (tertiary/aromatic N) is 3. The van der Waals surface area contributed by atoms with Crippen molar-refractivity contribution in [3.8, 4) is 0 Å². The van der Waals surface area contributed by atoms with E-state index in [1.807, 2.05) is 13.0 Å². The summed E-state index contributed by atoms with van der Waals surface area (Å²) in [5.41, 5.74) is 2.49. The molecule has 3 aromatic rings. The van der Waals surface area contributed by atoms with Crippen LogP contribution in [-0.2, 0) is 4.74 Å². The molecule has 3 N–H and O–H groups in total. The number of morpholine rings is 1. The lowest BCUT2D eigenvalue weighted by molar-refractivity contribution is 0.122. The van der Waals surface area contributed by atoms with Gasteiger partial charge in [0.25, 0.3) is 0 Å². The maximum atomic E-state index is 13.4. The number of amides is 2. The molecule has 27 heavy (non-hydrogen) atoms. The van der Waals surface area contributed by atoms with E-state index in [1.165, 1.54) is 6.07 Å².